The third kappa shape index (κ3) is 8.06. The quantitative estimate of drug-likeness (QED) is 0.178. The van der Waals surface area contributed by atoms with E-state index < -0.39 is 40.8 Å². The fraction of sp³-hybridized carbons (Fsp3) is 0.593. The molecule has 0 aliphatic carbocycles. The largest absolute Gasteiger partial charge is 0.458 e. The molecule has 10 heteroatoms. The smallest absolute Gasteiger partial charge is 0.372 e. The maximum Gasteiger partial charge on any atom is 0.372 e. The van der Waals surface area contributed by atoms with Gasteiger partial charge in [-0.05, 0) is 71.7 Å². The second-order valence-corrected chi connectivity index (χ2v) is 10.9. The highest BCUT2D eigenvalue weighted by Crippen LogP contribution is 2.40. The molecule has 200 valence electrons. The summed E-state index contributed by atoms with van der Waals surface area (Å²) in [6.45, 7) is 7.77. The van der Waals surface area contributed by atoms with E-state index in [-0.39, 0.29) is 25.2 Å². The van der Waals surface area contributed by atoms with Gasteiger partial charge in [-0.25, -0.2) is 4.79 Å². The molecule has 4 rings (SSSR count). The first kappa shape index (κ1) is 28.2. The van der Waals surface area contributed by atoms with E-state index in [0.717, 1.165) is 50.7 Å². The molecule has 2 amide bonds. The van der Waals surface area contributed by atoms with Crippen LogP contribution in [-0.4, -0.2) is 76.8 Å². The van der Waals surface area contributed by atoms with Crippen LogP contribution in [0.1, 0.15) is 58.4 Å². The lowest BCUT2D eigenvalue weighted by Gasteiger charge is -2.47. The number of hydrogen-bond donors (Lipinski definition) is 3. The Bertz CT molecular complexity index is 1020. The lowest BCUT2D eigenvalue weighted by molar-refractivity contribution is -0.159. The Morgan fingerprint density at radius 2 is 1.68 bits per heavy atom. The van der Waals surface area contributed by atoms with Gasteiger partial charge < -0.3 is 20.3 Å². The first-order valence-electron chi connectivity index (χ1n) is 12.8. The van der Waals surface area contributed by atoms with E-state index in [0.29, 0.717) is 0 Å². The molecule has 0 aromatic heterocycles. The number of ketones is 1. The molecule has 3 heterocycles. The number of piperidine rings is 3. The predicted molar refractivity (Wildman–Crippen MR) is 136 cm³/mol. The van der Waals surface area contributed by atoms with Crippen molar-refractivity contribution in [2.75, 3.05) is 19.6 Å². The lowest BCUT2D eigenvalue weighted by atomic mass is 9.71. The fourth-order valence-electron chi connectivity index (χ4n) is 4.86. The van der Waals surface area contributed by atoms with Crippen LogP contribution >= 0.6 is 0 Å². The predicted octanol–water partition coefficient (Wildman–Crippen LogP) is 1.69. The van der Waals surface area contributed by atoms with E-state index in [1.165, 1.54) is 0 Å². The van der Waals surface area contributed by atoms with Gasteiger partial charge in [0.25, 0.3) is 0 Å². The van der Waals surface area contributed by atoms with E-state index in [2.05, 4.69) is 20.3 Å². The number of fused-ring (bicyclic) bond motifs is 3. The van der Waals surface area contributed by atoms with E-state index in [4.69, 9.17) is 10.3 Å². The number of nitrogens with zero attached hydrogens (tertiary/aromatic N) is 2. The average Bonchev–Trinajstić information content (AvgIpc) is 2.86. The molecule has 37 heavy (non-hydrogen) atoms. The number of amides is 2. The van der Waals surface area contributed by atoms with Crippen molar-refractivity contribution in [2.24, 2.45) is 5.41 Å². The number of esters is 1. The van der Waals surface area contributed by atoms with Crippen LogP contribution in [0.3, 0.4) is 0 Å². The summed E-state index contributed by atoms with van der Waals surface area (Å²) >= 11 is 0. The number of rotatable bonds is 11. The van der Waals surface area contributed by atoms with Gasteiger partial charge in [0.15, 0.2) is 0 Å². The summed E-state index contributed by atoms with van der Waals surface area (Å²) in [5.74, 6) is -1.74. The molecule has 10 nitrogen and oxygen atoms in total. The molecule has 2 atom stereocenters. The Labute approximate surface area is 217 Å². The number of nitrogens with one attached hydrogen (secondary N) is 3. The van der Waals surface area contributed by atoms with Crippen LogP contribution in [0.5, 0.6) is 0 Å². The summed E-state index contributed by atoms with van der Waals surface area (Å²) in [4.78, 5) is 57.2. The Kier molecular flexibility index (Phi) is 9.34. The maximum absolute atomic E-state index is 13.5. The van der Waals surface area contributed by atoms with Crippen molar-refractivity contribution in [3.05, 3.63) is 35.9 Å². The van der Waals surface area contributed by atoms with Crippen LogP contribution in [-0.2, 0) is 30.3 Å². The van der Waals surface area contributed by atoms with E-state index in [1.807, 2.05) is 30.3 Å². The van der Waals surface area contributed by atoms with Crippen LogP contribution in [0, 0.1) is 10.9 Å². The highest BCUT2D eigenvalue weighted by Gasteiger charge is 2.46. The molecule has 0 saturated carbocycles. The van der Waals surface area contributed by atoms with Crippen LogP contribution < -0.4 is 10.6 Å². The molecule has 3 N–H and O–H groups in total. The number of ether oxygens (including phenoxy) is 1. The number of Topliss-reactive ketones (excluding diaryl/α,β-unsaturated/α-hetero) is 1. The van der Waals surface area contributed by atoms with Crippen LogP contribution in [0.2, 0.25) is 0 Å². The first-order chi connectivity index (χ1) is 17.5. The fourth-order valence-corrected chi connectivity index (χ4v) is 4.86. The highest BCUT2D eigenvalue weighted by atomic mass is 16.6. The average molecular weight is 513 g/mol. The summed E-state index contributed by atoms with van der Waals surface area (Å²) in [6.07, 6.45) is 3.29. The van der Waals surface area contributed by atoms with Crippen molar-refractivity contribution in [1.82, 2.24) is 15.5 Å². The summed E-state index contributed by atoms with van der Waals surface area (Å²) in [5.41, 5.74) is 6.43. The monoisotopic (exact) mass is 512 g/mol. The third-order valence-corrected chi connectivity index (χ3v) is 7.00. The van der Waals surface area contributed by atoms with Crippen molar-refractivity contribution in [3.8, 4) is 0 Å². The summed E-state index contributed by atoms with van der Waals surface area (Å²) in [7, 11) is 0. The minimum atomic E-state index is -1.10. The van der Waals surface area contributed by atoms with Crippen LogP contribution in [0.4, 0.5) is 0 Å². The molecule has 0 unspecified atom stereocenters. The number of carbonyl (C=O) groups is 4. The third-order valence-electron chi connectivity index (χ3n) is 7.00. The topological polar surface area (TPSA) is 143 Å². The van der Waals surface area contributed by atoms with Crippen LogP contribution in [0.25, 0.3) is 0 Å². The summed E-state index contributed by atoms with van der Waals surface area (Å²) in [6, 6.07) is 7.37. The maximum atomic E-state index is 13.5. The van der Waals surface area contributed by atoms with Crippen molar-refractivity contribution < 1.29 is 28.7 Å². The van der Waals surface area contributed by atoms with Gasteiger partial charge in [-0.2, -0.15) is 0 Å². The van der Waals surface area contributed by atoms with Gasteiger partial charge in [0.1, 0.15) is 17.7 Å². The minimum absolute atomic E-state index is 0.0166. The molecule has 3 aliphatic rings. The first-order valence-corrected chi connectivity index (χ1v) is 12.8. The molecular weight excluding hydrogens is 474 g/mol. The Hall–Kier alpha value is -3.36. The lowest BCUT2D eigenvalue weighted by Crippen LogP contribution is -2.59. The Morgan fingerprint density at radius 1 is 1.05 bits per heavy atom. The van der Waals surface area contributed by atoms with Crippen molar-refractivity contribution in [2.45, 2.75) is 77.0 Å². The molecule has 0 spiro atoms. The molecule has 1 aromatic carbocycles. The van der Waals surface area contributed by atoms with Gasteiger partial charge in [-0.1, -0.05) is 30.3 Å². The molecule has 3 fully saturated rings. The van der Waals surface area contributed by atoms with Gasteiger partial charge in [-0.15, -0.1) is 0 Å². The standard InChI is InChI=1S/C27H37N5O5/c1-26(2,3)37-24(35)21(10-9-20(33)18-29-28)30-23(34)22(17-19-7-5-4-6-8-19)31-25(36)27-11-14-32(15-12-27)16-13-27/h4-8,18,21-22,28H,9-17H2,1-3H3,(H-,30,31,34,36)/p+1/t21-,22-/m0/s1. The second kappa shape index (κ2) is 12.3. The zero-order chi connectivity index (χ0) is 27.1. The Balaban J connectivity index is 1.78. The number of hydrogen-bond acceptors (Lipinski definition) is 7. The van der Waals surface area contributed by atoms with Gasteiger partial charge in [0.05, 0.1) is 15.7 Å². The van der Waals surface area contributed by atoms with E-state index >= 15 is 0 Å². The summed E-state index contributed by atoms with van der Waals surface area (Å²) in [5, 5.41) is 5.72. The summed E-state index contributed by atoms with van der Waals surface area (Å²) < 4.78 is 5.48. The van der Waals surface area contributed by atoms with Gasteiger partial charge in [-0.3, -0.25) is 14.4 Å². The SMILES string of the molecule is CC(C)(C)OC(=O)[C@H](CCC(=O)C=[N+]=N)NC(=O)[C@H](Cc1ccccc1)NC(=O)C12CCN(CC1)CC2. The molecule has 3 saturated heterocycles. The van der Waals surface area contributed by atoms with E-state index in [9.17, 15) is 19.2 Å². The van der Waals surface area contributed by atoms with Crippen molar-refractivity contribution >= 4 is 29.8 Å². The van der Waals surface area contributed by atoms with E-state index in [1.54, 1.807) is 20.8 Å². The van der Waals surface area contributed by atoms with Gasteiger partial charge >= 0.3 is 12.2 Å². The zero-order valence-electron chi connectivity index (χ0n) is 21.9. The van der Waals surface area contributed by atoms with Crippen molar-refractivity contribution in [3.63, 3.8) is 0 Å². The van der Waals surface area contributed by atoms with Crippen molar-refractivity contribution in [1.29, 1.82) is 5.53 Å². The molecular formula is C27H38N5O5+. The second-order valence-electron chi connectivity index (χ2n) is 10.9. The molecule has 0 radical (unpaired) electrons. The number of carbonyl (C=O) groups excluding carboxylic acids is 4. The molecule has 1 aromatic rings. The number of benzene rings is 1. The highest BCUT2D eigenvalue weighted by molar-refractivity contribution is 6.25. The molecule has 3 aliphatic heterocycles. The Morgan fingerprint density at radius 3 is 2.24 bits per heavy atom. The zero-order valence-corrected chi connectivity index (χ0v) is 21.9. The van der Waals surface area contributed by atoms with Gasteiger partial charge in [0, 0.05) is 12.8 Å². The van der Waals surface area contributed by atoms with Gasteiger partial charge in [0.2, 0.25) is 17.6 Å². The molecule has 2 bridgehead atoms. The normalized spacial score (nSPS) is 22.2. The minimum Gasteiger partial charge on any atom is -0.458 e. The van der Waals surface area contributed by atoms with Crippen LogP contribution in [0.15, 0.2) is 30.3 Å².